The zero-order valence-electron chi connectivity index (χ0n) is 51.4. The van der Waals surface area contributed by atoms with Crippen LogP contribution in [0.5, 0.6) is 0 Å². The van der Waals surface area contributed by atoms with E-state index in [1.807, 2.05) is 0 Å². The molecule has 0 saturated carbocycles. The van der Waals surface area contributed by atoms with Gasteiger partial charge >= 0.3 is 17.9 Å². The Bertz CT molecular complexity index is 1530. The normalized spacial score (nSPS) is 12.7. The molecule has 448 valence electrons. The number of esters is 3. The van der Waals surface area contributed by atoms with E-state index < -0.39 is 6.10 Å². The lowest BCUT2D eigenvalue weighted by Crippen LogP contribution is -2.30. The van der Waals surface area contributed by atoms with Crippen LogP contribution in [-0.4, -0.2) is 37.2 Å². The second-order valence-corrected chi connectivity index (χ2v) is 22.0. The van der Waals surface area contributed by atoms with Gasteiger partial charge in [-0.2, -0.15) is 0 Å². The second-order valence-electron chi connectivity index (χ2n) is 22.0. The van der Waals surface area contributed by atoms with Crippen molar-refractivity contribution in [2.45, 2.75) is 329 Å². The highest BCUT2D eigenvalue weighted by Crippen LogP contribution is 2.17. The van der Waals surface area contributed by atoms with Crippen LogP contribution in [0.4, 0.5) is 0 Å². The number of rotatable bonds is 60. The molecule has 0 saturated heterocycles. The minimum absolute atomic E-state index is 0.0814. The van der Waals surface area contributed by atoms with Gasteiger partial charge in [-0.1, -0.05) is 317 Å². The van der Waals surface area contributed by atoms with Crippen molar-refractivity contribution in [1.82, 2.24) is 0 Å². The number of carbonyl (C=O) groups excluding carboxylic acids is 3. The SMILES string of the molecule is CC/C=C\C/C=C\C/C=C\C/C=C\C/C=C\C/C=C\C/C=C\C/C=C\CCCCCCC(=O)OCC(COC(=O)CCCCCCCCCCCCC)OC(=O)CCCCCCCCCCCCCCCCCCCCCC. The third kappa shape index (κ3) is 63.2. The molecule has 0 spiro atoms. The van der Waals surface area contributed by atoms with Gasteiger partial charge in [0.2, 0.25) is 0 Å². The summed E-state index contributed by atoms with van der Waals surface area (Å²) in [5.41, 5.74) is 0. The molecule has 1 unspecified atom stereocenters. The maximum Gasteiger partial charge on any atom is 0.306 e. The van der Waals surface area contributed by atoms with Crippen LogP contribution in [0.25, 0.3) is 0 Å². The minimum atomic E-state index is -0.786. The third-order valence-corrected chi connectivity index (χ3v) is 14.4. The van der Waals surface area contributed by atoms with Gasteiger partial charge in [0.1, 0.15) is 13.2 Å². The predicted molar refractivity (Wildman–Crippen MR) is 339 cm³/mol. The lowest BCUT2D eigenvalue weighted by molar-refractivity contribution is -0.167. The fourth-order valence-corrected chi connectivity index (χ4v) is 9.40. The number of hydrogen-bond acceptors (Lipinski definition) is 6. The van der Waals surface area contributed by atoms with E-state index in [4.69, 9.17) is 14.2 Å². The molecule has 6 heteroatoms. The number of allylic oxidation sites excluding steroid dienone is 16. The lowest BCUT2D eigenvalue weighted by Gasteiger charge is -2.18. The summed E-state index contributed by atoms with van der Waals surface area (Å²) < 4.78 is 16.9. The first-order chi connectivity index (χ1) is 38.5. The van der Waals surface area contributed by atoms with Crippen molar-refractivity contribution < 1.29 is 28.6 Å². The molecule has 0 aliphatic heterocycles. The van der Waals surface area contributed by atoms with Crippen LogP contribution in [-0.2, 0) is 28.6 Å². The molecule has 0 aromatic carbocycles. The van der Waals surface area contributed by atoms with Crippen LogP contribution in [0.1, 0.15) is 323 Å². The van der Waals surface area contributed by atoms with Crippen LogP contribution >= 0.6 is 0 Å². The molecule has 0 radical (unpaired) electrons. The second kappa shape index (κ2) is 65.8. The van der Waals surface area contributed by atoms with Crippen LogP contribution < -0.4 is 0 Å². The molecule has 0 aromatic rings. The Morgan fingerprint density at radius 1 is 0.269 bits per heavy atom. The van der Waals surface area contributed by atoms with Gasteiger partial charge in [0, 0.05) is 19.3 Å². The molecule has 0 rings (SSSR count). The highest BCUT2D eigenvalue weighted by molar-refractivity contribution is 5.71. The van der Waals surface area contributed by atoms with Crippen molar-refractivity contribution in [3.63, 3.8) is 0 Å². The van der Waals surface area contributed by atoms with E-state index in [0.29, 0.717) is 19.3 Å². The Hall–Kier alpha value is -3.67. The highest BCUT2D eigenvalue weighted by Gasteiger charge is 2.19. The highest BCUT2D eigenvalue weighted by atomic mass is 16.6. The van der Waals surface area contributed by atoms with Crippen LogP contribution in [0.15, 0.2) is 97.2 Å². The summed E-state index contributed by atoms with van der Waals surface area (Å²) in [6, 6.07) is 0. The maximum absolute atomic E-state index is 12.9. The smallest absolute Gasteiger partial charge is 0.306 e. The van der Waals surface area contributed by atoms with Gasteiger partial charge in [0.05, 0.1) is 0 Å². The molecule has 0 aromatic heterocycles. The van der Waals surface area contributed by atoms with Crippen molar-refractivity contribution in [1.29, 1.82) is 0 Å². The number of ether oxygens (including phenoxy) is 3. The van der Waals surface area contributed by atoms with Crippen LogP contribution in [0.3, 0.4) is 0 Å². The topological polar surface area (TPSA) is 78.9 Å². The molecule has 0 amide bonds. The standard InChI is InChI=1S/C72H124O6/c1-4-7-10-13-16-19-22-24-26-28-30-32-33-34-35-36-37-38-39-40-42-43-45-47-50-53-56-59-62-65-71(74)77-68-69(67-76-70(73)64-61-58-55-52-49-21-18-15-12-9-6-3)78-72(75)66-63-60-57-54-51-48-46-44-41-31-29-27-25-23-20-17-14-11-8-5-2/h7,10,16,19,24,26,30,32,34-35,37-38,40,42,45,47,69H,4-6,8-9,11-15,17-18,20-23,25,27-29,31,33,36,39,41,43-44,46,48-68H2,1-3H3/b10-7-,19-16-,26-24-,32-30-,35-34-,38-37-,42-40-,47-45-. The third-order valence-electron chi connectivity index (χ3n) is 14.4. The fourth-order valence-electron chi connectivity index (χ4n) is 9.40. The molecule has 78 heavy (non-hydrogen) atoms. The van der Waals surface area contributed by atoms with Crippen LogP contribution in [0, 0.1) is 0 Å². The molecule has 0 fully saturated rings. The van der Waals surface area contributed by atoms with Crippen molar-refractivity contribution in [3.05, 3.63) is 97.2 Å². The Morgan fingerprint density at radius 3 is 0.782 bits per heavy atom. The number of unbranched alkanes of at least 4 members (excludes halogenated alkanes) is 33. The quantitative estimate of drug-likeness (QED) is 0.0261. The fraction of sp³-hybridized carbons (Fsp3) is 0.736. The predicted octanol–water partition coefficient (Wildman–Crippen LogP) is 22.8. The summed E-state index contributed by atoms with van der Waals surface area (Å²) in [5.74, 6) is -0.894. The molecular formula is C72H124O6. The van der Waals surface area contributed by atoms with E-state index in [0.717, 1.165) is 122 Å². The largest absolute Gasteiger partial charge is 0.462 e. The van der Waals surface area contributed by atoms with Gasteiger partial charge in [0.25, 0.3) is 0 Å². The Balaban J connectivity index is 4.31. The van der Waals surface area contributed by atoms with Crippen molar-refractivity contribution in [3.8, 4) is 0 Å². The number of carbonyl (C=O) groups is 3. The molecule has 0 aliphatic carbocycles. The summed E-state index contributed by atoms with van der Waals surface area (Å²) in [7, 11) is 0. The average molecular weight is 1090 g/mol. The summed E-state index contributed by atoms with van der Waals surface area (Å²) in [5, 5.41) is 0. The summed E-state index contributed by atoms with van der Waals surface area (Å²) in [6.07, 6.45) is 88.5. The minimum Gasteiger partial charge on any atom is -0.462 e. The summed E-state index contributed by atoms with van der Waals surface area (Å²) in [4.78, 5) is 38.3. The van der Waals surface area contributed by atoms with E-state index in [9.17, 15) is 14.4 Å². The van der Waals surface area contributed by atoms with E-state index in [2.05, 4.69) is 118 Å². The lowest BCUT2D eigenvalue weighted by atomic mass is 10.0. The molecule has 0 heterocycles. The zero-order valence-corrected chi connectivity index (χ0v) is 51.4. The maximum atomic E-state index is 12.9. The first-order valence-corrected chi connectivity index (χ1v) is 33.2. The van der Waals surface area contributed by atoms with Gasteiger partial charge < -0.3 is 14.2 Å². The van der Waals surface area contributed by atoms with E-state index >= 15 is 0 Å². The van der Waals surface area contributed by atoms with E-state index in [-0.39, 0.29) is 31.1 Å². The van der Waals surface area contributed by atoms with Gasteiger partial charge in [0.15, 0.2) is 6.10 Å². The summed E-state index contributed by atoms with van der Waals surface area (Å²) in [6.45, 7) is 6.54. The first kappa shape index (κ1) is 74.3. The van der Waals surface area contributed by atoms with Gasteiger partial charge in [-0.25, -0.2) is 0 Å². The van der Waals surface area contributed by atoms with Crippen molar-refractivity contribution >= 4 is 17.9 Å². The molecule has 1 atom stereocenters. The first-order valence-electron chi connectivity index (χ1n) is 33.2. The molecule has 0 aliphatic rings. The van der Waals surface area contributed by atoms with Gasteiger partial charge in [-0.3, -0.25) is 14.4 Å². The van der Waals surface area contributed by atoms with Crippen LogP contribution in [0.2, 0.25) is 0 Å². The van der Waals surface area contributed by atoms with Crippen molar-refractivity contribution in [2.75, 3.05) is 13.2 Å². The zero-order chi connectivity index (χ0) is 56.4. The van der Waals surface area contributed by atoms with Crippen molar-refractivity contribution in [2.24, 2.45) is 0 Å². The molecule has 0 N–H and O–H groups in total. The Labute approximate surface area is 483 Å². The Morgan fingerprint density at radius 2 is 0.500 bits per heavy atom. The van der Waals surface area contributed by atoms with Gasteiger partial charge in [-0.15, -0.1) is 0 Å². The average Bonchev–Trinajstić information content (AvgIpc) is 3.44. The van der Waals surface area contributed by atoms with E-state index in [1.165, 1.54) is 161 Å². The monoisotopic (exact) mass is 1080 g/mol. The Kier molecular flexibility index (Phi) is 62.7. The molecule has 0 bridgehead atoms. The van der Waals surface area contributed by atoms with E-state index in [1.54, 1.807) is 0 Å². The molecular weight excluding hydrogens is 961 g/mol. The molecule has 6 nitrogen and oxygen atoms in total. The number of hydrogen-bond donors (Lipinski definition) is 0. The van der Waals surface area contributed by atoms with Gasteiger partial charge in [-0.05, 0) is 83.5 Å². The summed E-state index contributed by atoms with van der Waals surface area (Å²) >= 11 is 0.